The summed E-state index contributed by atoms with van der Waals surface area (Å²) in [6.07, 6.45) is 2.29. The van der Waals surface area contributed by atoms with Gasteiger partial charge >= 0.3 is 0 Å². The molecular formula is C11H19N3O2. The molecule has 5 nitrogen and oxygen atoms in total. The van der Waals surface area contributed by atoms with Crippen molar-refractivity contribution in [2.75, 3.05) is 19.6 Å². The summed E-state index contributed by atoms with van der Waals surface area (Å²) in [6.45, 7) is 5.52. The number of hydrogen-bond donors (Lipinski definition) is 1. The lowest BCUT2D eigenvalue weighted by Crippen LogP contribution is -2.36. The van der Waals surface area contributed by atoms with Crippen LogP contribution in [0.3, 0.4) is 0 Å². The zero-order valence-corrected chi connectivity index (χ0v) is 9.69. The Morgan fingerprint density at radius 1 is 1.56 bits per heavy atom. The summed E-state index contributed by atoms with van der Waals surface area (Å²) in [5.41, 5.74) is 6.21. The number of nitrogens with zero attached hydrogens (tertiary/aromatic N) is 2. The van der Waals surface area contributed by atoms with Gasteiger partial charge < -0.3 is 15.5 Å². The van der Waals surface area contributed by atoms with Crippen LogP contribution in [0.15, 0.2) is 5.16 Å². The fraction of sp³-hybridized carbons (Fsp3) is 0.818. The quantitative estimate of drug-likeness (QED) is 0.753. The minimum absolute atomic E-state index is 0.412. The van der Waals surface area contributed by atoms with Gasteiger partial charge in [0.05, 0.1) is 5.71 Å². The largest absolute Gasteiger partial charge is 0.382 e. The van der Waals surface area contributed by atoms with E-state index < -0.39 is 12.0 Å². The van der Waals surface area contributed by atoms with Crippen molar-refractivity contribution in [1.29, 1.82) is 0 Å². The molecule has 1 amide bonds. The van der Waals surface area contributed by atoms with Crippen LogP contribution < -0.4 is 5.73 Å². The Hall–Kier alpha value is -1.10. The van der Waals surface area contributed by atoms with Crippen molar-refractivity contribution < 1.29 is 9.63 Å². The summed E-state index contributed by atoms with van der Waals surface area (Å²) in [5, 5.41) is 4.01. The fourth-order valence-corrected chi connectivity index (χ4v) is 2.37. The molecule has 2 N–H and O–H groups in total. The molecule has 0 aromatic rings. The first-order valence-electron chi connectivity index (χ1n) is 5.95. The predicted octanol–water partition coefficient (Wildman–Crippen LogP) is 0.348. The second-order valence-corrected chi connectivity index (χ2v) is 4.49. The maximum Gasteiger partial charge on any atom is 0.261 e. The number of likely N-dealkylation sites (tertiary alicyclic amines) is 1. The molecule has 1 saturated heterocycles. The third-order valence-corrected chi connectivity index (χ3v) is 3.52. The van der Waals surface area contributed by atoms with Crippen LogP contribution in [0.4, 0.5) is 0 Å². The van der Waals surface area contributed by atoms with Crippen LogP contribution >= 0.6 is 0 Å². The number of carbonyl (C=O) groups excluding carboxylic acids is 1. The molecule has 0 aliphatic carbocycles. The van der Waals surface area contributed by atoms with E-state index in [9.17, 15) is 4.79 Å². The van der Waals surface area contributed by atoms with Crippen LogP contribution in [0.25, 0.3) is 0 Å². The Bertz CT molecular complexity index is 296. The van der Waals surface area contributed by atoms with Gasteiger partial charge in [-0.25, -0.2) is 0 Å². The highest BCUT2D eigenvalue weighted by Crippen LogP contribution is 2.24. The third kappa shape index (κ3) is 2.35. The van der Waals surface area contributed by atoms with E-state index in [0.29, 0.717) is 12.3 Å². The zero-order chi connectivity index (χ0) is 11.5. The van der Waals surface area contributed by atoms with E-state index in [1.807, 2.05) is 0 Å². The minimum atomic E-state index is -0.529. The molecule has 2 aliphatic heterocycles. The van der Waals surface area contributed by atoms with Gasteiger partial charge in [-0.2, -0.15) is 0 Å². The molecule has 0 saturated carbocycles. The lowest BCUT2D eigenvalue weighted by atomic mass is 9.89. The fourth-order valence-electron chi connectivity index (χ4n) is 2.37. The summed E-state index contributed by atoms with van der Waals surface area (Å²) >= 11 is 0. The number of carbonyl (C=O) groups is 1. The Morgan fingerprint density at radius 2 is 2.25 bits per heavy atom. The standard InChI is InChI=1S/C11H19N3O2/c1-2-14-5-3-8(4-6-14)9-7-10(11(12)15)16-13-9/h8,10H,2-7H2,1H3,(H2,12,15). The van der Waals surface area contributed by atoms with E-state index in [1.54, 1.807) is 0 Å². The number of nitrogens with two attached hydrogens (primary N) is 1. The van der Waals surface area contributed by atoms with E-state index >= 15 is 0 Å². The summed E-state index contributed by atoms with van der Waals surface area (Å²) in [6, 6.07) is 0. The van der Waals surface area contributed by atoms with Gasteiger partial charge in [0.1, 0.15) is 0 Å². The lowest BCUT2D eigenvalue weighted by molar-refractivity contribution is -0.127. The lowest BCUT2D eigenvalue weighted by Gasteiger charge is -2.30. The molecule has 0 aromatic carbocycles. The predicted molar refractivity (Wildman–Crippen MR) is 61.0 cm³/mol. The number of oxime groups is 1. The number of piperidine rings is 1. The van der Waals surface area contributed by atoms with Crippen LogP contribution in [-0.4, -0.2) is 42.3 Å². The topological polar surface area (TPSA) is 67.9 Å². The van der Waals surface area contributed by atoms with Crippen molar-refractivity contribution in [2.45, 2.75) is 32.3 Å². The Morgan fingerprint density at radius 3 is 2.75 bits per heavy atom. The number of primary amides is 1. The molecule has 2 rings (SSSR count). The molecular weight excluding hydrogens is 206 g/mol. The molecule has 0 spiro atoms. The van der Waals surface area contributed by atoms with E-state index in [0.717, 1.165) is 38.2 Å². The molecule has 1 atom stereocenters. The van der Waals surface area contributed by atoms with Gasteiger partial charge in [0.2, 0.25) is 6.10 Å². The van der Waals surface area contributed by atoms with Crippen molar-refractivity contribution in [3.63, 3.8) is 0 Å². The molecule has 1 unspecified atom stereocenters. The van der Waals surface area contributed by atoms with Crippen LogP contribution in [0, 0.1) is 5.92 Å². The zero-order valence-electron chi connectivity index (χ0n) is 9.69. The number of rotatable bonds is 3. The van der Waals surface area contributed by atoms with Crippen molar-refractivity contribution in [3.05, 3.63) is 0 Å². The van der Waals surface area contributed by atoms with Crippen molar-refractivity contribution in [3.8, 4) is 0 Å². The van der Waals surface area contributed by atoms with Crippen LogP contribution in [-0.2, 0) is 9.63 Å². The molecule has 0 bridgehead atoms. The SMILES string of the molecule is CCN1CCC(C2=NOC(C(N)=O)C2)CC1. The maximum atomic E-state index is 10.9. The third-order valence-electron chi connectivity index (χ3n) is 3.52. The van der Waals surface area contributed by atoms with E-state index in [4.69, 9.17) is 10.6 Å². The average molecular weight is 225 g/mol. The van der Waals surface area contributed by atoms with Gasteiger partial charge in [0, 0.05) is 12.3 Å². The maximum absolute atomic E-state index is 10.9. The molecule has 16 heavy (non-hydrogen) atoms. The monoisotopic (exact) mass is 225 g/mol. The first-order valence-corrected chi connectivity index (χ1v) is 5.95. The highest BCUT2D eigenvalue weighted by Gasteiger charge is 2.32. The van der Waals surface area contributed by atoms with E-state index in [1.165, 1.54) is 0 Å². The van der Waals surface area contributed by atoms with Gasteiger partial charge in [0.25, 0.3) is 5.91 Å². The van der Waals surface area contributed by atoms with Crippen molar-refractivity contribution in [2.24, 2.45) is 16.8 Å². The van der Waals surface area contributed by atoms with Gasteiger partial charge in [-0.05, 0) is 32.5 Å². The second kappa shape index (κ2) is 4.82. The Balaban J connectivity index is 1.84. The van der Waals surface area contributed by atoms with E-state index in [2.05, 4.69) is 17.0 Å². The first kappa shape index (κ1) is 11.4. The normalized spacial score (nSPS) is 27.6. The van der Waals surface area contributed by atoms with E-state index in [-0.39, 0.29) is 0 Å². The highest BCUT2D eigenvalue weighted by atomic mass is 16.6. The van der Waals surface area contributed by atoms with Gasteiger partial charge in [-0.3, -0.25) is 4.79 Å². The second-order valence-electron chi connectivity index (χ2n) is 4.49. The van der Waals surface area contributed by atoms with Crippen molar-refractivity contribution >= 4 is 11.6 Å². The summed E-state index contributed by atoms with van der Waals surface area (Å²) in [7, 11) is 0. The van der Waals surface area contributed by atoms with Gasteiger partial charge in [0.15, 0.2) is 0 Å². The van der Waals surface area contributed by atoms with Gasteiger partial charge in [-0.1, -0.05) is 12.1 Å². The Labute approximate surface area is 95.6 Å². The van der Waals surface area contributed by atoms with Gasteiger partial charge in [-0.15, -0.1) is 0 Å². The molecule has 2 heterocycles. The molecule has 0 radical (unpaired) electrons. The highest BCUT2D eigenvalue weighted by molar-refractivity contribution is 5.93. The summed E-state index contributed by atoms with van der Waals surface area (Å²) in [5.74, 6) is 0.0666. The molecule has 5 heteroatoms. The summed E-state index contributed by atoms with van der Waals surface area (Å²) < 4.78 is 0. The van der Waals surface area contributed by atoms with Crippen LogP contribution in [0.5, 0.6) is 0 Å². The molecule has 0 aromatic heterocycles. The van der Waals surface area contributed by atoms with Crippen LogP contribution in [0.1, 0.15) is 26.2 Å². The average Bonchev–Trinajstić information content (AvgIpc) is 2.78. The first-order chi connectivity index (χ1) is 7.70. The summed E-state index contributed by atoms with van der Waals surface area (Å²) in [4.78, 5) is 18.4. The molecule has 90 valence electrons. The molecule has 2 aliphatic rings. The smallest absolute Gasteiger partial charge is 0.261 e. The Kier molecular flexibility index (Phi) is 3.43. The number of amides is 1. The van der Waals surface area contributed by atoms with Crippen molar-refractivity contribution in [1.82, 2.24) is 4.90 Å². The molecule has 1 fully saturated rings. The minimum Gasteiger partial charge on any atom is -0.382 e. The van der Waals surface area contributed by atoms with Crippen LogP contribution in [0.2, 0.25) is 0 Å². The number of hydrogen-bond acceptors (Lipinski definition) is 4.